The van der Waals surface area contributed by atoms with E-state index in [1.165, 1.54) is 18.9 Å². The molecular formula is C22H27ClN4O3S. The van der Waals surface area contributed by atoms with Crippen LogP contribution in [-0.4, -0.2) is 61.1 Å². The number of amidine groups is 1. The molecule has 0 radical (unpaired) electrons. The fourth-order valence-corrected chi connectivity index (χ4v) is 4.73. The number of rotatable bonds is 8. The number of allylic oxidation sites excluding steroid dienone is 1. The highest BCUT2D eigenvalue weighted by Gasteiger charge is 2.42. The second-order valence-electron chi connectivity index (χ2n) is 7.45. The van der Waals surface area contributed by atoms with Crippen molar-refractivity contribution in [3.05, 3.63) is 57.2 Å². The number of esters is 1. The van der Waals surface area contributed by atoms with Crippen molar-refractivity contribution in [1.29, 1.82) is 0 Å². The van der Waals surface area contributed by atoms with Gasteiger partial charge in [-0.05, 0) is 37.6 Å². The third kappa shape index (κ3) is 5.14. The summed E-state index contributed by atoms with van der Waals surface area (Å²) in [4.78, 5) is 34.1. The number of nitrogens with zero attached hydrogens (tertiary/aromatic N) is 3. The van der Waals surface area contributed by atoms with E-state index in [1.807, 2.05) is 54.4 Å². The van der Waals surface area contributed by atoms with Crippen LogP contribution in [0.25, 0.3) is 0 Å². The first kappa shape index (κ1) is 23.4. The number of halogens is 1. The van der Waals surface area contributed by atoms with Crippen LogP contribution >= 0.6 is 23.4 Å². The average Bonchev–Trinajstić information content (AvgIpc) is 3.14. The zero-order chi connectivity index (χ0) is 22.5. The smallest absolute Gasteiger partial charge is 0.338 e. The highest BCUT2D eigenvalue weighted by Crippen LogP contribution is 2.46. The van der Waals surface area contributed by atoms with Crippen LogP contribution < -0.4 is 5.32 Å². The number of nitrogens with one attached hydrogen (secondary N) is 1. The Morgan fingerprint density at radius 1 is 1.32 bits per heavy atom. The van der Waals surface area contributed by atoms with Crippen LogP contribution in [0, 0.1) is 0 Å². The van der Waals surface area contributed by atoms with Gasteiger partial charge in [-0.2, -0.15) is 0 Å². The largest absolute Gasteiger partial charge is 0.466 e. The summed E-state index contributed by atoms with van der Waals surface area (Å²) in [5, 5.41) is 6.13. The molecule has 0 spiro atoms. The van der Waals surface area contributed by atoms with E-state index in [9.17, 15) is 9.59 Å². The van der Waals surface area contributed by atoms with Crippen molar-refractivity contribution >= 4 is 40.4 Å². The van der Waals surface area contributed by atoms with Crippen LogP contribution in [-0.2, 0) is 14.3 Å². The molecule has 7 nitrogen and oxygen atoms in total. The molecule has 0 fully saturated rings. The average molecular weight is 463 g/mol. The number of carbonyl (C=O) groups is 2. The lowest BCUT2D eigenvalue weighted by atomic mass is 9.93. The van der Waals surface area contributed by atoms with Gasteiger partial charge in [-0.3, -0.25) is 4.79 Å². The van der Waals surface area contributed by atoms with Crippen LogP contribution in [0.3, 0.4) is 0 Å². The van der Waals surface area contributed by atoms with E-state index in [4.69, 9.17) is 21.3 Å². The Balaban J connectivity index is 1.97. The second kappa shape index (κ2) is 10.3. The molecule has 2 heterocycles. The summed E-state index contributed by atoms with van der Waals surface area (Å²) in [7, 11) is 5.27. The number of methoxy groups -OCH3 is 1. The molecule has 1 N–H and O–H groups in total. The number of thioether (sulfide) groups is 1. The van der Waals surface area contributed by atoms with Crippen molar-refractivity contribution in [3.63, 3.8) is 0 Å². The number of hydrogen-bond donors (Lipinski definition) is 1. The van der Waals surface area contributed by atoms with E-state index in [2.05, 4.69) is 5.32 Å². The maximum Gasteiger partial charge on any atom is 0.338 e. The van der Waals surface area contributed by atoms with Crippen LogP contribution in [0.4, 0.5) is 0 Å². The van der Waals surface area contributed by atoms with E-state index in [1.54, 1.807) is 6.07 Å². The fraction of sp³-hybridized carbons (Fsp3) is 0.409. The van der Waals surface area contributed by atoms with Gasteiger partial charge in [0.25, 0.3) is 0 Å². The molecule has 31 heavy (non-hydrogen) atoms. The van der Waals surface area contributed by atoms with E-state index in [0.717, 1.165) is 23.0 Å². The molecule has 2 aliphatic heterocycles. The lowest BCUT2D eigenvalue weighted by Gasteiger charge is -2.36. The number of carbonyl (C=O) groups excluding carboxylic acids is 2. The third-order valence-electron chi connectivity index (χ3n) is 5.05. The minimum Gasteiger partial charge on any atom is -0.466 e. The molecule has 1 aromatic carbocycles. The number of likely N-dealkylation sites (N-methyl/N-ethyl adjacent to an activating group) is 1. The van der Waals surface area contributed by atoms with E-state index in [-0.39, 0.29) is 12.3 Å². The molecule has 2 aliphatic rings. The highest BCUT2D eigenvalue weighted by molar-refractivity contribution is 8.16. The van der Waals surface area contributed by atoms with Gasteiger partial charge in [0.05, 0.1) is 30.8 Å². The number of amides is 1. The summed E-state index contributed by atoms with van der Waals surface area (Å²) >= 11 is 8.00. The van der Waals surface area contributed by atoms with E-state index >= 15 is 0 Å². The molecule has 0 aliphatic carbocycles. The van der Waals surface area contributed by atoms with Gasteiger partial charge >= 0.3 is 5.97 Å². The Labute approximate surface area is 192 Å². The van der Waals surface area contributed by atoms with Crippen molar-refractivity contribution in [2.24, 2.45) is 4.99 Å². The Hall–Kier alpha value is -2.29. The minimum atomic E-state index is -0.514. The van der Waals surface area contributed by atoms with Gasteiger partial charge in [0.2, 0.25) is 5.91 Å². The SMILES string of the molecule is CCC1=C(C(=O)OC)C(c2ccccc2Cl)N2C(CC(=O)NCCN(C)C)=CSC2=N1. The Bertz CT molecular complexity index is 958. The maximum absolute atomic E-state index is 12.8. The number of hydrogen-bond acceptors (Lipinski definition) is 7. The Morgan fingerprint density at radius 2 is 2.06 bits per heavy atom. The molecule has 0 saturated carbocycles. The van der Waals surface area contributed by atoms with Gasteiger partial charge in [0.1, 0.15) is 0 Å². The lowest BCUT2D eigenvalue weighted by molar-refractivity contribution is -0.136. The molecule has 0 bridgehead atoms. The van der Waals surface area contributed by atoms with Gasteiger partial charge in [0.15, 0.2) is 5.17 Å². The summed E-state index contributed by atoms with van der Waals surface area (Å²) in [6, 6.07) is 6.90. The predicted octanol–water partition coefficient (Wildman–Crippen LogP) is 3.55. The van der Waals surface area contributed by atoms with E-state index < -0.39 is 12.0 Å². The van der Waals surface area contributed by atoms with Gasteiger partial charge < -0.3 is 19.9 Å². The lowest BCUT2D eigenvalue weighted by Crippen LogP contribution is -2.38. The molecule has 0 aromatic heterocycles. The summed E-state index contributed by atoms with van der Waals surface area (Å²) < 4.78 is 5.11. The molecule has 9 heteroatoms. The second-order valence-corrected chi connectivity index (χ2v) is 8.69. The van der Waals surface area contributed by atoms with Gasteiger partial charge in [-0.15, -0.1) is 0 Å². The van der Waals surface area contributed by atoms with Crippen molar-refractivity contribution in [2.75, 3.05) is 34.3 Å². The number of aliphatic imine (C=N–C) groups is 1. The number of benzene rings is 1. The Kier molecular flexibility index (Phi) is 7.80. The fourth-order valence-electron chi connectivity index (χ4n) is 3.55. The van der Waals surface area contributed by atoms with Crippen molar-refractivity contribution in [3.8, 4) is 0 Å². The van der Waals surface area contributed by atoms with Crippen LogP contribution in [0.1, 0.15) is 31.4 Å². The molecule has 1 aromatic rings. The standard InChI is InChI=1S/C22H27ClN4O3S/c1-5-17-19(21(29)30-4)20(15-8-6-7-9-16(15)23)27-14(13-31-22(27)25-17)12-18(28)24-10-11-26(2)3/h6-9,13,20H,5,10-12H2,1-4H3,(H,24,28). The molecule has 0 saturated heterocycles. The first-order valence-corrected chi connectivity index (χ1v) is 11.3. The molecule has 1 amide bonds. The predicted molar refractivity (Wildman–Crippen MR) is 125 cm³/mol. The van der Waals surface area contributed by atoms with Crippen LogP contribution in [0.5, 0.6) is 0 Å². The van der Waals surface area contributed by atoms with Crippen molar-refractivity contribution in [1.82, 2.24) is 15.1 Å². The summed E-state index contributed by atoms with van der Waals surface area (Å²) in [6.45, 7) is 3.27. The minimum absolute atomic E-state index is 0.0854. The molecular weight excluding hydrogens is 436 g/mol. The number of fused-ring (bicyclic) bond motifs is 1. The molecule has 1 atom stereocenters. The van der Waals surface area contributed by atoms with Crippen LogP contribution in [0.15, 0.2) is 51.6 Å². The number of ether oxygens (including phenoxy) is 1. The molecule has 3 rings (SSSR count). The van der Waals surface area contributed by atoms with Gasteiger partial charge in [-0.25, -0.2) is 9.79 Å². The first-order valence-electron chi connectivity index (χ1n) is 10.1. The molecule has 166 valence electrons. The highest BCUT2D eigenvalue weighted by atomic mass is 35.5. The monoisotopic (exact) mass is 462 g/mol. The van der Waals surface area contributed by atoms with Crippen molar-refractivity contribution < 1.29 is 14.3 Å². The third-order valence-corrected chi connectivity index (χ3v) is 6.28. The summed E-state index contributed by atoms with van der Waals surface area (Å²) in [6.07, 6.45) is 0.750. The zero-order valence-electron chi connectivity index (χ0n) is 18.1. The Morgan fingerprint density at radius 3 is 2.71 bits per heavy atom. The zero-order valence-corrected chi connectivity index (χ0v) is 19.7. The van der Waals surface area contributed by atoms with Gasteiger partial charge in [0, 0.05) is 23.8 Å². The molecule has 1 unspecified atom stereocenters. The van der Waals surface area contributed by atoms with E-state index in [0.29, 0.717) is 29.3 Å². The topological polar surface area (TPSA) is 74.2 Å². The van der Waals surface area contributed by atoms with Gasteiger partial charge in [-0.1, -0.05) is 48.5 Å². The van der Waals surface area contributed by atoms with Crippen LogP contribution in [0.2, 0.25) is 5.02 Å². The maximum atomic E-state index is 12.8. The summed E-state index contributed by atoms with van der Waals surface area (Å²) in [5.41, 5.74) is 2.65. The first-order chi connectivity index (χ1) is 14.9. The summed E-state index contributed by atoms with van der Waals surface area (Å²) in [5.74, 6) is -0.533. The van der Waals surface area contributed by atoms with Crippen molar-refractivity contribution in [2.45, 2.75) is 25.8 Å². The normalized spacial score (nSPS) is 18.0. The quantitative estimate of drug-likeness (QED) is 0.595.